The number of hydrogen-bond donors (Lipinski definition) is 1. The number of ether oxygens (including phenoxy) is 2. The van der Waals surface area contributed by atoms with Crippen molar-refractivity contribution in [2.75, 3.05) is 7.11 Å². The fourth-order valence-electron chi connectivity index (χ4n) is 1.60. The fraction of sp³-hybridized carbons (Fsp3) is 0.385. The quantitative estimate of drug-likeness (QED) is 0.778. The van der Waals surface area contributed by atoms with Crippen molar-refractivity contribution in [3.63, 3.8) is 0 Å². The lowest BCUT2D eigenvalue weighted by molar-refractivity contribution is -0.166. The van der Waals surface area contributed by atoms with Crippen LogP contribution in [0.1, 0.15) is 12.5 Å². The highest BCUT2D eigenvalue weighted by molar-refractivity contribution is 5.79. The minimum absolute atomic E-state index is 0.424. The Bertz CT molecular complexity index is 405. The molecule has 0 aliphatic carbocycles. The van der Waals surface area contributed by atoms with Gasteiger partial charge in [-0.15, -0.1) is 0 Å². The molecule has 98 valence electrons. The van der Waals surface area contributed by atoms with Crippen LogP contribution in [-0.4, -0.2) is 31.2 Å². The van der Waals surface area contributed by atoms with Gasteiger partial charge in [0, 0.05) is 6.92 Å². The second-order valence-electron chi connectivity index (χ2n) is 3.91. The highest BCUT2D eigenvalue weighted by atomic mass is 16.6. The molecule has 1 aromatic carbocycles. The van der Waals surface area contributed by atoms with Crippen molar-refractivity contribution in [1.82, 2.24) is 0 Å². The summed E-state index contributed by atoms with van der Waals surface area (Å²) in [6.07, 6.45) is -0.652. The van der Waals surface area contributed by atoms with E-state index in [0.717, 1.165) is 5.56 Å². The van der Waals surface area contributed by atoms with Gasteiger partial charge in [-0.05, 0) is 12.0 Å². The van der Waals surface area contributed by atoms with Crippen LogP contribution < -0.4 is 5.73 Å². The van der Waals surface area contributed by atoms with E-state index in [1.54, 1.807) is 0 Å². The van der Waals surface area contributed by atoms with Gasteiger partial charge in [-0.1, -0.05) is 30.3 Å². The molecule has 2 unspecified atom stereocenters. The second kappa shape index (κ2) is 6.76. The Balaban J connectivity index is 2.73. The number of rotatable bonds is 5. The molecule has 0 radical (unpaired) electrons. The summed E-state index contributed by atoms with van der Waals surface area (Å²) < 4.78 is 9.47. The number of methoxy groups -OCH3 is 1. The molecular formula is C13H17NO4. The van der Waals surface area contributed by atoms with Gasteiger partial charge in [0.15, 0.2) is 0 Å². The van der Waals surface area contributed by atoms with E-state index >= 15 is 0 Å². The van der Waals surface area contributed by atoms with Gasteiger partial charge in [-0.3, -0.25) is 4.79 Å². The van der Waals surface area contributed by atoms with Crippen LogP contribution in [0.15, 0.2) is 30.3 Å². The number of hydrogen-bond acceptors (Lipinski definition) is 5. The van der Waals surface area contributed by atoms with E-state index in [-0.39, 0.29) is 0 Å². The zero-order chi connectivity index (χ0) is 13.5. The molecule has 0 saturated carbocycles. The number of esters is 2. The zero-order valence-corrected chi connectivity index (χ0v) is 10.5. The molecule has 0 amide bonds. The van der Waals surface area contributed by atoms with E-state index < -0.39 is 24.1 Å². The average Bonchev–Trinajstić information content (AvgIpc) is 2.36. The lowest BCUT2D eigenvalue weighted by atomic mass is 10.0. The highest BCUT2D eigenvalue weighted by Gasteiger charge is 2.29. The molecule has 0 fully saturated rings. The van der Waals surface area contributed by atoms with E-state index in [9.17, 15) is 9.59 Å². The molecule has 0 aromatic heterocycles. The largest absolute Gasteiger partial charge is 0.466 e. The standard InChI is InChI=1S/C13H17NO4/c1-9(15)18-12(13(16)17-2)11(14)8-10-6-4-3-5-7-10/h3-7,11-12H,8,14H2,1-2H3. The Hall–Kier alpha value is -1.88. The summed E-state index contributed by atoms with van der Waals surface area (Å²) in [4.78, 5) is 22.4. The fourth-order valence-corrected chi connectivity index (χ4v) is 1.60. The third-order valence-electron chi connectivity index (χ3n) is 2.43. The van der Waals surface area contributed by atoms with Crippen molar-refractivity contribution >= 4 is 11.9 Å². The normalized spacial score (nSPS) is 13.5. The SMILES string of the molecule is COC(=O)C(OC(C)=O)C(N)Cc1ccccc1. The predicted octanol–water partition coefficient (Wildman–Crippen LogP) is 0.661. The lowest BCUT2D eigenvalue weighted by Gasteiger charge is -2.21. The number of carbonyl (C=O) groups is 2. The van der Waals surface area contributed by atoms with E-state index in [0.29, 0.717) is 6.42 Å². The molecule has 0 aliphatic heterocycles. The van der Waals surface area contributed by atoms with E-state index in [1.807, 2.05) is 30.3 Å². The Labute approximate surface area is 106 Å². The molecule has 2 N–H and O–H groups in total. The van der Waals surface area contributed by atoms with Crippen molar-refractivity contribution in [3.8, 4) is 0 Å². The maximum Gasteiger partial charge on any atom is 0.348 e. The Morgan fingerprint density at radius 3 is 2.39 bits per heavy atom. The first kappa shape index (κ1) is 14.2. The minimum atomic E-state index is -1.08. The molecule has 0 aliphatic rings. The van der Waals surface area contributed by atoms with Gasteiger partial charge < -0.3 is 15.2 Å². The smallest absolute Gasteiger partial charge is 0.348 e. The van der Waals surface area contributed by atoms with Crippen LogP contribution in [0.25, 0.3) is 0 Å². The third kappa shape index (κ3) is 4.18. The summed E-state index contributed by atoms with van der Waals surface area (Å²) in [6.45, 7) is 1.23. The average molecular weight is 251 g/mol. The van der Waals surface area contributed by atoms with Crippen LogP contribution in [0.5, 0.6) is 0 Å². The Morgan fingerprint density at radius 1 is 1.28 bits per heavy atom. The van der Waals surface area contributed by atoms with Crippen LogP contribution in [0.2, 0.25) is 0 Å². The third-order valence-corrected chi connectivity index (χ3v) is 2.43. The number of carbonyl (C=O) groups excluding carboxylic acids is 2. The lowest BCUT2D eigenvalue weighted by Crippen LogP contribution is -2.45. The monoisotopic (exact) mass is 251 g/mol. The Kier molecular flexibility index (Phi) is 5.32. The predicted molar refractivity (Wildman–Crippen MR) is 65.7 cm³/mol. The Morgan fingerprint density at radius 2 is 1.89 bits per heavy atom. The molecular weight excluding hydrogens is 234 g/mol. The van der Waals surface area contributed by atoms with Crippen LogP contribution in [0.3, 0.4) is 0 Å². The molecule has 1 rings (SSSR count). The van der Waals surface area contributed by atoms with E-state index in [2.05, 4.69) is 4.74 Å². The van der Waals surface area contributed by atoms with Crippen LogP contribution >= 0.6 is 0 Å². The van der Waals surface area contributed by atoms with Gasteiger partial charge in [-0.25, -0.2) is 4.79 Å². The van der Waals surface area contributed by atoms with Gasteiger partial charge in [-0.2, -0.15) is 0 Å². The molecule has 0 heterocycles. The molecule has 18 heavy (non-hydrogen) atoms. The highest BCUT2D eigenvalue weighted by Crippen LogP contribution is 2.08. The molecule has 0 spiro atoms. The molecule has 5 heteroatoms. The first-order chi connectivity index (χ1) is 8.54. The first-order valence-electron chi connectivity index (χ1n) is 5.59. The van der Waals surface area contributed by atoms with Crippen molar-refractivity contribution in [2.45, 2.75) is 25.5 Å². The maximum atomic E-state index is 11.5. The summed E-state index contributed by atoms with van der Waals surface area (Å²) >= 11 is 0. The summed E-state index contributed by atoms with van der Waals surface area (Å²) in [5.41, 5.74) is 6.86. The first-order valence-corrected chi connectivity index (χ1v) is 5.59. The van der Waals surface area contributed by atoms with Crippen molar-refractivity contribution in [2.24, 2.45) is 5.73 Å². The summed E-state index contributed by atoms with van der Waals surface area (Å²) in [7, 11) is 1.23. The summed E-state index contributed by atoms with van der Waals surface area (Å²) in [5.74, 6) is -1.21. The molecule has 2 atom stereocenters. The van der Waals surface area contributed by atoms with Crippen molar-refractivity contribution in [3.05, 3.63) is 35.9 Å². The van der Waals surface area contributed by atoms with Gasteiger partial charge >= 0.3 is 11.9 Å². The summed E-state index contributed by atoms with van der Waals surface area (Å²) in [6, 6.07) is 8.79. The van der Waals surface area contributed by atoms with E-state index in [1.165, 1.54) is 14.0 Å². The van der Waals surface area contributed by atoms with Gasteiger partial charge in [0.25, 0.3) is 0 Å². The van der Waals surface area contributed by atoms with E-state index in [4.69, 9.17) is 10.5 Å². The van der Waals surface area contributed by atoms with Crippen molar-refractivity contribution < 1.29 is 19.1 Å². The zero-order valence-electron chi connectivity index (χ0n) is 10.5. The minimum Gasteiger partial charge on any atom is -0.466 e. The van der Waals surface area contributed by atoms with Crippen LogP contribution in [0, 0.1) is 0 Å². The molecule has 1 aromatic rings. The maximum absolute atomic E-state index is 11.5. The van der Waals surface area contributed by atoms with Gasteiger partial charge in [0.1, 0.15) is 0 Å². The van der Waals surface area contributed by atoms with Crippen LogP contribution in [0.4, 0.5) is 0 Å². The van der Waals surface area contributed by atoms with Gasteiger partial charge in [0.05, 0.1) is 13.2 Å². The molecule has 5 nitrogen and oxygen atoms in total. The number of benzene rings is 1. The molecule has 0 bridgehead atoms. The number of nitrogens with two attached hydrogens (primary N) is 1. The molecule has 0 saturated heterocycles. The van der Waals surface area contributed by atoms with Gasteiger partial charge in [0.2, 0.25) is 6.10 Å². The topological polar surface area (TPSA) is 78.6 Å². The van der Waals surface area contributed by atoms with Crippen LogP contribution in [-0.2, 0) is 25.5 Å². The summed E-state index contributed by atoms with van der Waals surface area (Å²) in [5, 5.41) is 0. The second-order valence-corrected chi connectivity index (χ2v) is 3.91. The van der Waals surface area contributed by atoms with Crippen molar-refractivity contribution in [1.29, 1.82) is 0 Å².